The molecule has 0 aliphatic heterocycles. The van der Waals surface area contributed by atoms with E-state index >= 15 is 0 Å². The van der Waals surface area contributed by atoms with Crippen LogP contribution in [-0.4, -0.2) is 26.7 Å². The maximum atomic E-state index is 10.9. The lowest BCUT2D eigenvalue weighted by molar-refractivity contribution is -0.137. The molecule has 1 heterocycles. The summed E-state index contributed by atoms with van der Waals surface area (Å²) in [6.45, 7) is 0.698. The normalized spacial score (nSPS) is 12.4. The molecule has 3 rings (SSSR count). The fourth-order valence-electron chi connectivity index (χ4n) is 3.03. The number of nitrogens with one attached hydrogen (secondary N) is 1. The van der Waals surface area contributed by atoms with E-state index in [1.54, 1.807) is 0 Å². The average Bonchev–Trinajstić information content (AvgIpc) is 2.98. The van der Waals surface area contributed by atoms with E-state index in [9.17, 15) is 4.79 Å². The molecule has 0 saturated heterocycles. The molecule has 5 nitrogen and oxygen atoms in total. The number of carboxylic acid groups (broad SMARTS) is 1. The second-order valence-corrected chi connectivity index (χ2v) is 6.38. The largest absolute Gasteiger partial charge is 0.481 e. The highest BCUT2D eigenvalue weighted by Gasteiger charge is 2.12. The molecule has 0 amide bonds. The zero-order valence-corrected chi connectivity index (χ0v) is 14.4. The summed E-state index contributed by atoms with van der Waals surface area (Å²) < 4.78 is 2.00. The summed E-state index contributed by atoms with van der Waals surface area (Å²) in [5, 5.41) is 12.5. The number of fused-ring (bicyclic) bond motifs is 1. The number of aliphatic carboxylic acids is 1. The van der Waals surface area contributed by atoms with Crippen molar-refractivity contribution < 1.29 is 9.90 Å². The molecule has 0 spiro atoms. The van der Waals surface area contributed by atoms with Crippen molar-refractivity contribution in [2.75, 3.05) is 0 Å². The van der Waals surface area contributed by atoms with Gasteiger partial charge in [-0.2, -0.15) is 0 Å². The van der Waals surface area contributed by atoms with Gasteiger partial charge in [-0.05, 0) is 36.1 Å². The molecule has 0 saturated carbocycles. The van der Waals surface area contributed by atoms with Crippen LogP contribution in [0.5, 0.6) is 0 Å². The van der Waals surface area contributed by atoms with Gasteiger partial charge >= 0.3 is 5.97 Å². The fraction of sp³-hybridized carbons (Fsp3) is 0.300. The zero-order valence-electron chi connectivity index (χ0n) is 14.4. The van der Waals surface area contributed by atoms with Gasteiger partial charge in [0.25, 0.3) is 0 Å². The van der Waals surface area contributed by atoms with Crippen LogP contribution in [0.1, 0.15) is 24.0 Å². The lowest BCUT2D eigenvalue weighted by Gasteiger charge is -2.18. The Bertz CT molecular complexity index is 843. The lowest BCUT2D eigenvalue weighted by Crippen LogP contribution is -2.31. The van der Waals surface area contributed by atoms with E-state index in [2.05, 4.69) is 40.6 Å². The molecule has 0 bridgehead atoms. The van der Waals surface area contributed by atoms with Crippen LogP contribution < -0.4 is 5.32 Å². The highest BCUT2D eigenvalue weighted by molar-refractivity contribution is 5.75. The number of nitrogens with zero attached hydrogens (tertiary/aromatic N) is 2. The molecule has 1 aromatic heterocycles. The Morgan fingerprint density at radius 2 is 2.00 bits per heavy atom. The standard InChI is InChI=1S/C20H23N3O2/c1-23-14-22-18-12-16(7-9-19(18)23)13-21-17(8-10-20(24)25)11-15-5-3-2-4-6-15/h2-7,9,12,14,17,21H,8,10-11,13H2,1H3,(H,24,25). The van der Waals surface area contributed by atoms with Crippen LogP contribution >= 0.6 is 0 Å². The summed E-state index contributed by atoms with van der Waals surface area (Å²) in [6, 6.07) is 16.5. The molecule has 2 N–H and O–H groups in total. The van der Waals surface area contributed by atoms with Gasteiger partial charge in [-0.15, -0.1) is 0 Å². The highest BCUT2D eigenvalue weighted by Crippen LogP contribution is 2.15. The van der Waals surface area contributed by atoms with Crippen molar-refractivity contribution in [1.82, 2.24) is 14.9 Å². The van der Waals surface area contributed by atoms with Crippen LogP contribution in [0.3, 0.4) is 0 Å². The summed E-state index contributed by atoms with van der Waals surface area (Å²) in [6.07, 6.45) is 3.41. The van der Waals surface area contributed by atoms with E-state index < -0.39 is 5.97 Å². The first-order valence-electron chi connectivity index (χ1n) is 8.51. The van der Waals surface area contributed by atoms with Crippen molar-refractivity contribution in [3.63, 3.8) is 0 Å². The molecule has 1 unspecified atom stereocenters. The Kier molecular flexibility index (Phi) is 5.46. The van der Waals surface area contributed by atoms with Gasteiger partial charge in [0.15, 0.2) is 0 Å². The molecule has 1 atom stereocenters. The van der Waals surface area contributed by atoms with Crippen LogP contribution in [0.4, 0.5) is 0 Å². The number of imidazole rings is 1. The smallest absolute Gasteiger partial charge is 0.303 e. The van der Waals surface area contributed by atoms with E-state index in [1.165, 1.54) is 5.56 Å². The Labute approximate surface area is 147 Å². The molecule has 0 radical (unpaired) electrons. The summed E-state index contributed by atoms with van der Waals surface area (Å²) >= 11 is 0. The number of hydrogen-bond donors (Lipinski definition) is 2. The van der Waals surface area contributed by atoms with Crippen molar-refractivity contribution in [3.8, 4) is 0 Å². The van der Waals surface area contributed by atoms with Gasteiger partial charge in [0.2, 0.25) is 0 Å². The van der Waals surface area contributed by atoms with Crippen LogP contribution in [0, 0.1) is 0 Å². The number of hydrogen-bond acceptors (Lipinski definition) is 3. The predicted molar refractivity (Wildman–Crippen MR) is 98.4 cm³/mol. The Balaban J connectivity index is 1.66. The van der Waals surface area contributed by atoms with E-state index in [1.807, 2.05) is 36.1 Å². The molecule has 0 aliphatic carbocycles. The van der Waals surface area contributed by atoms with E-state index in [0.29, 0.717) is 13.0 Å². The molecular weight excluding hydrogens is 314 g/mol. The lowest BCUT2D eigenvalue weighted by atomic mass is 10.0. The Morgan fingerprint density at radius 1 is 1.20 bits per heavy atom. The van der Waals surface area contributed by atoms with Crippen LogP contribution in [0.2, 0.25) is 0 Å². The summed E-state index contributed by atoms with van der Waals surface area (Å²) in [5.74, 6) is -0.755. The molecule has 2 aromatic carbocycles. The number of rotatable bonds is 8. The summed E-state index contributed by atoms with van der Waals surface area (Å²) in [7, 11) is 1.98. The number of benzene rings is 2. The van der Waals surface area contributed by atoms with Gasteiger partial charge in [0.05, 0.1) is 17.4 Å². The number of aromatic nitrogens is 2. The van der Waals surface area contributed by atoms with Crippen LogP contribution in [-0.2, 0) is 24.8 Å². The SMILES string of the molecule is Cn1cnc2cc(CNC(CCC(=O)O)Cc3ccccc3)ccc21. The number of aryl methyl sites for hydroxylation is 1. The first kappa shape index (κ1) is 17.2. The maximum absolute atomic E-state index is 10.9. The molecule has 3 aromatic rings. The number of carboxylic acids is 1. The quantitative estimate of drug-likeness (QED) is 0.663. The van der Waals surface area contributed by atoms with Gasteiger partial charge in [0, 0.05) is 26.1 Å². The van der Waals surface area contributed by atoms with E-state index in [0.717, 1.165) is 23.0 Å². The van der Waals surface area contributed by atoms with Gasteiger partial charge in [-0.1, -0.05) is 36.4 Å². The third-order valence-corrected chi connectivity index (χ3v) is 4.42. The third-order valence-electron chi connectivity index (χ3n) is 4.42. The Hall–Kier alpha value is -2.66. The molecule has 0 aliphatic rings. The molecule has 0 fully saturated rings. The van der Waals surface area contributed by atoms with Gasteiger partial charge in [-0.3, -0.25) is 4.79 Å². The van der Waals surface area contributed by atoms with Crippen molar-refractivity contribution in [2.24, 2.45) is 7.05 Å². The third kappa shape index (κ3) is 4.67. The molecule has 5 heteroatoms. The maximum Gasteiger partial charge on any atom is 0.303 e. The first-order chi connectivity index (χ1) is 12.1. The second-order valence-electron chi connectivity index (χ2n) is 6.38. The van der Waals surface area contributed by atoms with Gasteiger partial charge < -0.3 is 15.0 Å². The zero-order chi connectivity index (χ0) is 17.6. The van der Waals surface area contributed by atoms with E-state index in [4.69, 9.17) is 5.11 Å². The minimum atomic E-state index is -0.755. The highest BCUT2D eigenvalue weighted by atomic mass is 16.4. The first-order valence-corrected chi connectivity index (χ1v) is 8.51. The van der Waals surface area contributed by atoms with Crippen molar-refractivity contribution in [2.45, 2.75) is 31.8 Å². The minimum absolute atomic E-state index is 0.123. The van der Waals surface area contributed by atoms with Crippen molar-refractivity contribution in [3.05, 3.63) is 66.0 Å². The molecular formula is C20H23N3O2. The molecule has 25 heavy (non-hydrogen) atoms. The van der Waals surface area contributed by atoms with E-state index in [-0.39, 0.29) is 12.5 Å². The monoisotopic (exact) mass is 337 g/mol. The van der Waals surface area contributed by atoms with Gasteiger partial charge in [0.1, 0.15) is 0 Å². The average molecular weight is 337 g/mol. The van der Waals surface area contributed by atoms with Crippen molar-refractivity contribution >= 4 is 17.0 Å². The predicted octanol–water partition coefficient (Wildman–Crippen LogP) is 3.14. The van der Waals surface area contributed by atoms with Gasteiger partial charge in [-0.25, -0.2) is 4.98 Å². The van der Waals surface area contributed by atoms with Crippen molar-refractivity contribution in [1.29, 1.82) is 0 Å². The molecule has 130 valence electrons. The minimum Gasteiger partial charge on any atom is -0.481 e. The topological polar surface area (TPSA) is 67.2 Å². The summed E-state index contributed by atoms with van der Waals surface area (Å²) in [4.78, 5) is 15.3. The van der Waals surface area contributed by atoms with Crippen LogP contribution in [0.15, 0.2) is 54.9 Å². The van der Waals surface area contributed by atoms with Crippen LogP contribution in [0.25, 0.3) is 11.0 Å². The summed E-state index contributed by atoms with van der Waals surface area (Å²) in [5.41, 5.74) is 4.45. The fourth-order valence-corrected chi connectivity index (χ4v) is 3.03. The Morgan fingerprint density at radius 3 is 2.76 bits per heavy atom. The second kappa shape index (κ2) is 7.94. The number of carbonyl (C=O) groups is 1.